The Morgan fingerprint density at radius 2 is 1.30 bits per heavy atom. The van der Waals surface area contributed by atoms with Gasteiger partial charge in [0.15, 0.2) is 5.60 Å². The van der Waals surface area contributed by atoms with Crippen LogP contribution in [-0.2, 0) is 15.1 Å². The Labute approximate surface area is 119 Å². The minimum atomic E-state index is -0.668. The molecule has 3 rings (SSSR count). The lowest BCUT2D eigenvalue weighted by atomic mass is 9.74. The number of rotatable bonds is 2. The third-order valence-electron chi connectivity index (χ3n) is 4.43. The van der Waals surface area contributed by atoms with Crippen molar-refractivity contribution in [2.75, 3.05) is 0 Å². The number of hydrogen-bond acceptors (Lipinski definition) is 2. The van der Waals surface area contributed by atoms with Gasteiger partial charge in [-0.15, -0.1) is 0 Å². The van der Waals surface area contributed by atoms with Gasteiger partial charge in [0.1, 0.15) is 0 Å². The molecule has 2 atom stereocenters. The van der Waals surface area contributed by atoms with Gasteiger partial charge in [0.05, 0.1) is 5.92 Å². The molecule has 1 fully saturated rings. The fourth-order valence-electron chi connectivity index (χ4n) is 3.08. The highest BCUT2D eigenvalue weighted by Gasteiger charge is 2.53. The molecule has 0 spiro atoms. The van der Waals surface area contributed by atoms with E-state index in [1.54, 1.807) is 0 Å². The van der Waals surface area contributed by atoms with E-state index in [9.17, 15) is 4.79 Å². The van der Waals surface area contributed by atoms with E-state index in [0.29, 0.717) is 0 Å². The van der Waals surface area contributed by atoms with Gasteiger partial charge in [-0.1, -0.05) is 74.5 Å². The van der Waals surface area contributed by atoms with E-state index in [1.165, 1.54) is 0 Å². The van der Waals surface area contributed by atoms with Crippen molar-refractivity contribution in [2.24, 2.45) is 11.8 Å². The van der Waals surface area contributed by atoms with E-state index in [4.69, 9.17) is 4.74 Å². The molecular formula is C18H18O2. The molecule has 20 heavy (non-hydrogen) atoms. The summed E-state index contributed by atoms with van der Waals surface area (Å²) < 4.78 is 5.91. The predicted molar refractivity (Wildman–Crippen MR) is 78.1 cm³/mol. The smallest absolute Gasteiger partial charge is 0.310 e. The molecule has 2 heteroatoms. The highest BCUT2D eigenvalue weighted by Crippen LogP contribution is 2.49. The summed E-state index contributed by atoms with van der Waals surface area (Å²) in [6, 6.07) is 20.1. The summed E-state index contributed by atoms with van der Waals surface area (Å²) in [7, 11) is 0. The minimum absolute atomic E-state index is 0.0970. The fourth-order valence-corrected chi connectivity index (χ4v) is 3.08. The van der Waals surface area contributed by atoms with Crippen LogP contribution in [0.15, 0.2) is 60.7 Å². The van der Waals surface area contributed by atoms with Gasteiger partial charge < -0.3 is 4.74 Å². The number of carbonyl (C=O) groups excluding carboxylic acids is 1. The summed E-state index contributed by atoms with van der Waals surface area (Å²) in [5, 5.41) is 0. The van der Waals surface area contributed by atoms with Crippen molar-refractivity contribution < 1.29 is 9.53 Å². The van der Waals surface area contributed by atoms with Crippen molar-refractivity contribution in [1.82, 2.24) is 0 Å². The van der Waals surface area contributed by atoms with Gasteiger partial charge in [-0.2, -0.15) is 0 Å². The van der Waals surface area contributed by atoms with Crippen LogP contribution in [0.1, 0.15) is 25.0 Å². The zero-order valence-electron chi connectivity index (χ0n) is 11.7. The molecule has 2 aromatic carbocycles. The van der Waals surface area contributed by atoms with Gasteiger partial charge in [-0.3, -0.25) is 4.79 Å². The number of esters is 1. The van der Waals surface area contributed by atoms with E-state index >= 15 is 0 Å². The Balaban J connectivity index is 2.22. The molecule has 2 aromatic rings. The van der Waals surface area contributed by atoms with Crippen molar-refractivity contribution in [1.29, 1.82) is 0 Å². The maximum atomic E-state index is 12.1. The number of ether oxygens (including phenoxy) is 1. The lowest BCUT2D eigenvalue weighted by molar-refractivity contribution is -0.148. The van der Waals surface area contributed by atoms with Gasteiger partial charge in [0.2, 0.25) is 0 Å². The molecule has 1 heterocycles. The van der Waals surface area contributed by atoms with Gasteiger partial charge >= 0.3 is 5.97 Å². The molecule has 0 bridgehead atoms. The highest BCUT2D eigenvalue weighted by molar-refractivity contribution is 5.77. The third kappa shape index (κ3) is 1.75. The van der Waals surface area contributed by atoms with Gasteiger partial charge in [0.25, 0.3) is 0 Å². The van der Waals surface area contributed by atoms with Crippen LogP contribution < -0.4 is 0 Å². The molecule has 0 aliphatic carbocycles. The molecular weight excluding hydrogens is 248 g/mol. The van der Waals surface area contributed by atoms with Gasteiger partial charge in [-0.05, 0) is 0 Å². The maximum Gasteiger partial charge on any atom is 0.310 e. The van der Waals surface area contributed by atoms with Crippen molar-refractivity contribution in [3.05, 3.63) is 71.8 Å². The number of carbonyl (C=O) groups is 1. The standard InChI is InChI=1S/C18H18O2/c1-13-14(2)18(20-17(13)19,15-9-5-3-6-10-15)16-11-7-4-8-12-16/h3-14H,1-2H3. The van der Waals surface area contributed by atoms with E-state index < -0.39 is 5.60 Å². The lowest BCUT2D eigenvalue weighted by Gasteiger charge is -2.33. The van der Waals surface area contributed by atoms with Crippen LogP contribution in [0.25, 0.3) is 0 Å². The average molecular weight is 266 g/mol. The second kappa shape index (κ2) is 4.78. The molecule has 0 radical (unpaired) electrons. The van der Waals surface area contributed by atoms with E-state index in [2.05, 4.69) is 6.92 Å². The van der Waals surface area contributed by atoms with E-state index in [-0.39, 0.29) is 17.8 Å². The zero-order valence-corrected chi connectivity index (χ0v) is 11.7. The first-order valence-corrected chi connectivity index (χ1v) is 7.00. The normalized spacial score (nSPS) is 24.4. The topological polar surface area (TPSA) is 26.3 Å². The Morgan fingerprint density at radius 1 is 0.850 bits per heavy atom. The molecule has 0 saturated carbocycles. The summed E-state index contributed by atoms with van der Waals surface area (Å²) >= 11 is 0. The highest BCUT2D eigenvalue weighted by atomic mass is 16.6. The molecule has 102 valence electrons. The molecule has 1 aliphatic heterocycles. The SMILES string of the molecule is CC1C(=O)OC(c2ccccc2)(c2ccccc2)C1C. The zero-order chi connectivity index (χ0) is 14.2. The average Bonchev–Trinajstić information content (AvgIpc) is 2.74. The number of benzene rings is 2. The Hall–Kier alpha value is -2.09. The summed E-state index contributed by atoms with van der Waals surface area (Å²) in [5.41, 5.74) is 1.41. The van der Waals surface area contributed by atoms with Crippen molar-refractivity contribution in [3.8, 4) is 0 Å². The van der Waals surface area contributed by atoms with Crippen LogP contribution in [0.2, 0.25) is 0 Å². The monoisotopic (exact) mass is 266 g/mol. The van der Waals surface area contributed by atoms with Crippen LogP contribution in [-0.4, -0.2) is 5.97 Å². The van der Waals surface area contributed by atoms with Gasteiger partial charge in [0, 0.05) is 17.0 Å². The maximum absolute atomic E-state index is 12.1. The van der Waals surface area contributed by atoms with Crippen LogP contribution >= 0.6 is 0 Å². The second-order valence-corrected chi connectivity index (χ2v) is 5.47. The number of hydrogen-bond donors (Lipinski definition) is 0. The summed E-state index contributed by atoms with van der Waals surface area (Å²) in [4.78, 5) is 12.1. The fraction of sp³-hybridized carbons (Fsp3) is 0.278. The van der Waals surface area contributed by atoms with Crippen LogP contribution in [0.3, 0.4) is 0 Å². The predicted octanol–water partition coefficient (Wildman–Crippen LogP) is 3.76. The summed E-state index contributed by atoms with van der Waals surface area (Å²) in [6.45, 7) is 4.04. The largest absolute Gasteiger partial charge is 0.449 e. The van der Waals surface area contributed by atoms with Crippen LogP contribution in [0.4, 0.5) is 0 Å². The second-order valence-electron chi connectivity index (χ2n) is 5.47. The van der Waals surface area contributed by atoms with E-state index in [0.717, 1.165) is 11.1 Å². The Kier molecular flexibility index (Phi) is 3.09. The van der Waals surface area contributed by atoms with Crippen LogP contribution in [0.5, 0.6) is 0 Å². The van der Waals surface area contributed by atoms with E-state index in [1.807, 2.05) is 67.6 Å². The molecule has 1 saturated heterocycles. The molecule has 0 aromatic heterocycles. The van der Waals surface area contributed by atoms with Crippen molar-refractivity contribution in [2.45, 2.75) is 19.4 Å². The molecule has 0 amide bonds. The van der Waals surface area contributed by atoms with Crippen molar-refractivity contribution >= 4 is 5.97 Å². The van der Waals surface area contributed by atoms with Crippen LogP contribution in [0, 0.1) is 11.8 Å². The Bertz CT molecular complexity index is 564. The first-order chi connectivity index (χ1) is 9.66. The first kappa shape index (κ1) is 12.9. The third-order valence-corrected chi connectivity index (χ3v) is 4.43. The quantitative estimate of drug-likeness (QED) is 0.774. The number of cyclic esters (lactones) is 1. The lowest BCUT2D eigenvalue weighted by Crippen LogP contribution is -2.33. The molecule has 2 unspecified atom stereocenters. The first-order valence-electron chi connectivity index (χ1n) is 7.00. The summed E-state index contributed by atoms with van der Waals surface area (Å²) in [6.07, 6.45) is 0. The molecule has 2 nitrogen and oxygen atoms in total. The summed E-state index contributed by atoms with van der Waals surface area (Å²) in [5.74, 6) is -0.125. The van der Waals surface area contributed by atoms with Crippen molar-refractivity contribution in [3.63, 3.8) is 0 Å². The molecule has 1 aliphatic rings. The minimum Gasteiger partial charge on any atom is -0.449 e. The Morgan fingerprint density at radius 3 is 1.65 bits per heavy atom. The van der Waals surface area contributed by atoms with Gasteiger partial charge in [-0.25, -0.2) is 0 Å². The molecule has 0 N–H and O–H groups in total.